The van der Waals surface area contributed by atoms with Crippen LogP contribution in [0.1, 0.15) is 85.3 Å². The fourth-order valence-electron chi connectivity index (χ4n) is 4.94. The lowest BCUT2D eigenvalue weighted by atomic mass is 9.95. The highest BCUT2D eigenvalue weighted by molar-refractivity contribution is 7.99. The van der Waals surface area contributed by atoms with E-state index in [-0.39, 0.29) is 11.7 Å². The lowest BCUT2D eigenvalue weighted by molar-refractivity contribution is -0.113. The van der Waals surface area contributed by atoms with Crippen LogP contribution in [0.5, 0.6) is 0 Å². The standard InChI is InChI=1S/C25H30N6O2S/c1-16-17(2)31(19-7-4-3-5-8-19)24(21(16)13-26)27-22(32)15-34-25-29-28-23(18-10-11-18)30(25)14-20-9-6-12-33-20/h6,9,12,18-19H,3-5,7-8,10-11,14-15H2,1-2H3,(H,27,32). The van der Waals surface area contributed by atoms with Crippen molar-refractivity contribution in [1.82, 2.24) is 19.3 Å². The van der Waals surface area contributed by atoms with E-state index in [1.165, 1.54) is 31.0 Å². The van der Waals surface area contributed by atoms with E-state index in [1.807, 2.05) is 26.0 Å². The summed E-state index contributed by atoms with van der Waals surface area (Å²) in [7, 11) is 0. The number of carbonyl (C=O) groups excluding carboxylic acids is 1. The molecule has 1 N–H and O–H groups in total. The van der Waals surface area contributed by atoms with Crippen LogP contribution in [0.3, 0.4) is 0 Å². The monoisotopic (exact) mass is 478 g/mol. The minimum absolute atomic E-state index is 0.142. The first kappa shape index (κ1) is 22.8. The number of thioether (sulfide) groups is 1. The maximum Gasteiger partial charge on any atom is 0.235 e. The van der Waals surface area contributed by atoms with Gasteiger partial charge < -0.3 is 14.3 Å². The molecular weight excluding hydrogens is 448 g/mol. The maximum atomic E-state index is 13.1. The molecule has 34 heavy (non-hydrogen) atoms. The van der Waals surface area contributed by atoms with Gasteiger partial charge in [-0.25, -0.2) is 0 Å². The summed E-state index contributed by atoms with van der Waals surface area (Å²) in [6.45, 7) is 4.57. The Morgan fingerprint density at radius 2 is 2.03 bits per heavy atom. The van der Waals surface area contributed by atoms with E-state index in [0.29, 0.717) is 35.0 Å². The topological polar surface area (TPSA) is 102 Å². The van der Waals surface area contributed by atoms with Gasteiger partial charge in [-0.1, -0.05) is 31.0 Å². The number of anilines is 1. The van der Waals surface area contributed by atoms with Crippen molar-refractivity contribution in [2.75, 3.05) is 11.1 Å². The number of nitrogens with one attached hydrogen (secondary N) is 1. The van der Waals surface area contributed by atoms with E-state index in [1.54, 1.807) is 6.26 Å². The minimum Gasteiger partial charge on any atom is -0.467 e. The van der Waals surface area contributed by atoms with Crippen LogP contribution in [0.2, 0.25) is 0 Å². The summed E-state index contributed by atoms with van der Waals surface area (Å²) in [5.41, 5.74) is 2.58. The Morgan fingerprint density at radius 1 is 1.24 bits per heavy atom. The number of furan rings is 1. The van der Waals surface area contributed by atoms with Gasteiger partial charge in [0, 0.05) is 17.7 Å². The molecule has 2 fully saturated rings. The summed E-state index contributed by atoms with van der Waals surface area (Å²) < 4.78 is 9.79. The van der Waals surface area contributed by atoms with Gasteiger partial charge in [-0.3, -0.25) is 9.36 Å². The molecule has 3 aromatic rings. The second-order valence-electron chi connectivity index (χ2n) is 9.33. The van der Waals surface area contributed by atoms with Gasteiger partial charge in [-0.05, 0) is 57.2 Å². The van der Waals surface area contributed by atoms with Gasteiger partial charge in [0.05, 0.1) is 24.1 Å². The van der Waals surface area contributed by atoms with Crippen LogP contribution in [0.15, 0.2) is 28.0 Å². The third-order valence-electron chi connectivity index (χ3n) is 6.98. The maximum absolute atomic E-state index is 13.1. The number of nitriles is 1. The normalized spacial score (nSPS) is 16.5. The van der Waals surface area contributed by atoms with Crippen LogP contribution >= 0.6 is 11.8 Å². The van der Waals surface area contributed by atoms with Gasteiger partial charge >= 0.3 is 0 Å². The SMILES string of the molecule is Cc1c(C#N)c(NC(=O)CSc2nnc(C3CC3)n2Cc2ccco2)n(C2CCCCC2)c1C. The smallest absolute Gasteiger partial charge is 0.235 e. The fraction of sp³-hybridized carbons (Fsp3) is 0.520. The lowest BCUT2D eigenvalue weighted by Crippen LogP contribution is -2.22. The molecule has 2 aliphatic carbocycles. The van der Waals surface area contributed by atoms with Crippen LogP contribution in [0.4, 0.5) is 5.82 Å². The van der Waals surface area contributed by atoms with Crippen LogP contribution < -0.4 is 5.32 Å². The minimum atomic E-state index is -0.142. The average molecular weight is 479 g/mol. The summed E-state index contributed by atoms with van der Waals surface area (Å²) >= 11 is 1.37. The average Bonchev–Trinajstić information content (AvgIpc) is 3.31. The largest absolute Gasteiger partial charge is 0.467 e. The molecule has 0 aromatic carbocycles. The lowest BCUT2D eigenvalue weighted by Gasteiger charge is -2.27. The van der Waals surface area contributed by atoms with Gasteiger partial charge in [-0.2, -0.15) is 5.26 Å². The zero-order chi connectivity index (χ0) is 23.7. The Bertz CT molecular complexity index is 1210. The third-order valence-corrected chi connectivity index (χ3v) is 7.95. The fourth-order valence-corrected chi connectivity index (χ4v) is 5.68. The van der Waals surface area contributed by atoms with Crippen molar-refractivity contribution >= 4 is 23.5 Å². The highest BCUT2D eigenvalue weighted by Gasteiger charge is 2.31. The Kier molecular flexibility index (Phi) is 6.50. The van der Waals surface area contributed by atoms with Gasteiger partial charge in [0.2, 0.25) is 5.91 Å². The van der Waals surface area contributed by atoms with Crippen molar-refractivity contribution in [2.24, 2.45) is 0 Å². The van der Waals surface area contributed by atoms with Gasteiger partial charge in [0.25, 0.3) is 0 Å². The van der Waals surface area contributed by atoms with E-state index in [4.69, 9.17) is 4.42 Å². The van der Waals surface area contributed by atoms with E-state index >= 15 is 0 Å². The molecule has 0 bridgehead atoms. The number of rotatable bonds is 8. The van der Waals surface area contributed by atoms with Gasteiger partial charge in [0.1, 0.15) is 23.5 Å². The molecule has 178 valence electrons. The van der Waals surface area contributed by atoms with E-state index in [9.17, 15) is 10.1 Å². The summed E-state index contributed by atoms with van der Waals surface area (Å²) in [5, 5.41) is 22.4. The Hall–Kier alpha value is -2.99. The van der Waals surface area contributed by atoms with E-state index in [0.717, 1.165) is 48.5 Å². The van der Waals surface area contributed by atoms with Crippen LogP contribution in [0, 0.1) is 25.2 Å². The van der Waals surface area contributed by atoms with Crippen molar-refractivity contribution in [3.63, 3.8) is 0 Å². The predicted octanol–water partition coefficient (Wildman–Crippen LogP) is 5.32. The number of nitrogens with zero attached hydrogens (tertiary/aromatic N) is 5. The molecule has 2 aliphatic rings. The molecular formula is C25H30N6O2S. The highest BCUT2D eigenvalue weighted by atomic mass is 32.2. The van der Waals surface area contributed by atoms with Crippen molar-refractivity contribution in [1.29, 1.82) is 5.26 Å². The molecule has 0 radical (unpaired) electrons. The molecule has 0 spiro atoms. The first-order chi connectivity index (χ1) is 16.6. The molecule has 8 nitrogen and oxygen atoms in total. The number of amides is 1. The van der Waals surface area contributed by atoms with E-state index in [2.05, 4.69) is 30.7 Å². The molecule has 1 amide bonds. The summed E-state index contributed by atoms with van der Waals surface area (Å²) in [6.07, 6.45) is 9.68. The first-order valence-corrected chi connectivity index (χ1v) is 13.0. The van der Waals surface area contributed by atoms with Gasteiger partial charge in [0.15, 0.2) is 5.16 Å². The molecule has 5 rings (SSSR count). The van der Waals surface area contributed by atoms with Crippen LogP contribution in [-0.2, 0) is 11.3 Å². The summed E-state index contributed by atoms with van der Waals surface area (Å²) in [5.74, 6) is 2.93. The van der Waals surface area contributed by atoms with E-state index < -0.39 is 0 Å². The molecule has 2 saturated carbocycles. The molecule has 0 aliphatic heterocycles. The number of aromatic nitrogens is 4. The second-order valence-corrected chi connectivity index (χ2v) is 10.3. The van der Waals surface area contributed by atoms with Crippen molar-refractivity contribution in [2.45, 2.75) is 82.5 Å². The predicted molar refractivity (Wildman–Crippen MR) is 130 cm³/mol. The Balaban J connectivity index is 1.33. The molecule has 9 heteroatoms. The first-order valence-electron chi connectivity index (χ1n) is 12.1. The molecule has 0 unspecified atom stereocenters. The zero-order valence-electron chi connectivity index (χ0n) is 19.7. The number of carbonyl (C=O) groups is 1. The van der Waals surface area contributed by atoms with Crippen LogP contribution in [0.25, 0.3) is 0 Å². The van der Waals surface area contributed by atoms with Gasteiger partial charge in [-0.15, -0.1) is 10.2 Å². The van der Waals surface area contributed by atoms with Crippen molar-refractivity contribution < 1.29 is 9.21 Å². The quantitative estimate of drug-likeness (QED) is 0.440. The molecule has 3 heterocycles. The summed E-state index contributed by atoms with van der Waals surface area (Å²) in [4.78, 5) is 13.1. The van der Waals surface area contributed by atoms with Crippen molar-refractivity contribution in [3.8, 4) is 6.07 Å². The Labute approximate surface area is 203 Å². The summed E-state index contributed by atoms with van der Waals surface area (Å²) in [6, 6.07) is 6.46. The molecule has 3 aromatic heterocycles. The van der Waals surface area contributed by atoms with Crippen molar-refractivity contribution in [3.05, 3.63) is 46.8 Å². The Morgan fingerprint density at radius 3 is 2.71 bits per heavy atom. The third kappa shape index (κ3) is 4.51. The molecule has 0 atom stereocenters. The highest BCUT2D eigenvalue weighted by Crippen LogP contribution is 2.40. The zero-order valence-corrected chi connectivity index (χ0v) is 20.5. The van der Waals surface area contributed by atoms with Crippen LogP contribution in [-0.4, -0.2) is 31.0 Å². The number of hydrogen-bond acceptors (Lipinski definition) is 6. The second kappa shape index (κ2) is 9.71. The molecule has 0 saturated heterocycles. The number of hydrogen-bond donors (Lipinski definition) is 1.